The quantitative estimate of drug-likeness (QED) is 0.717. The Morgan fingerprint density at radius 2 is 2.04 bits per heavy atom. The number of nitrogens with one attached hydrogen (secondary N) is 1. The van der Waals surface area contributed by atoms with Crippen LogP contribution in [0, 0.1) is 0 Å². The molecule has 1 aromatic carbocycles. The molecule has 7 nitrogen and oxygen atoms in total. The van der Waals surface area contributed by atoms with E-state index in [0.29, 0.717) is 5.92 Å². The Balaban J connectivity index is 1.48. The van der Waals surface area contributed by atoms with Crippen molar-refractivity contribution in [1.29, 1.82) is 0 Å². The van der Waals surface area contributed by atoms with Gasteiger partial charge in [-0.2, -0.15) is 0 Å². The highest BCUT2D eigenvalue weighted by atomic mass is 16.5. The van der Waals surface area contributed by atoms with Gasteiger partial charge in [-0.3, -0.25) is 0 Å². The minimum absolute atomic E-state index is 0.216. The summed E-state index contributed by atoms with van der Waals surface area (Å²) in [6.45, 7) is 1.73. The second kappa shape index (κ2) is 7.57. The van der Waals surface area contributed by atoms with Crippen molar-refractivity contribution in [3.8, 4) is 11.3 Å². The lowest BCUT2D eigenvalue weighted by Crippen LogP contribution is -2.35. The van der Waals surface area contributed by atoms with Crippen LogP contribution >= 0.6 is 0 Å². The van der Waals surface area contributed by atoms with Crippen LogP contribution in [0.4, 0.5) is 5.82 Å². The number of piperidine rings is 1. The minimum atomic E-state index is -0.477. The molecule has 1 aliphatic heterocycles. The van der Waals surface area contributed by atoms with E-state index in [2.05, 4.69) is 41.9 Å². The first-order valence-corrected chi connectivity index (χ1v) is 9.02. The fraction of sp³-hybridized carbons (Fsp3) is 0.300. The Morgan fingerprint density at radius 1 is 1.19 bits per heavy atom. The number of rotatable bonds is 4. The maximum absolute atomic E-state index is 11.5. The number of benzene rings is 1. The number of hydrogen-bond acceptors (Lipinski definition) is 6. The molecule has 1 aliphatic rings. The molecule has 1 atom stereocenters. The van der Waals surface area contributed by atoms with E-state index in [1.165, 1.54) is 7.11 Å². The summed E-state index contributed by atoms with van der Waals surface area (Å²) in [5.41, 5.74) is 2.38. The topological polar surface area (TPSA) is 84.0 Å². The lowest BCUT2D eigenvalue weighted by Gasteiger charge is -2.32. The summed E-state index contributed by atoms with van der Waals surface area (Å²) in [4.78, 5) is 21.8. The normalized spacial score (nSPS) is 16.9. The molecule has 0 saturated carbocycles. The standard InChI is InChI=1S/C20H21N5O2/c1-27-20(26)16-9-10-18(24-23-16)25-11-5-8-15(13-25)19-21-12-17(22-19)14-6-3-2-4-7-14/h2-4,6-7,9-10,12,15H,5,8,11,13H2,1H3,(H,21,22). The fourth-order valence-corrected chi connectivity index (χ4v) is 3.42. The summed E-state index contributed by atoms with van der Waals surface area (Å²) in [6.07, 6.45) is 4.02. The smallest absolute Gasteiger partial charge is 0.358 e. The lowest BCUT2D eigenvalue weighted by atomic mass is 9.97. The first-order chi connectivity index (χ1) is 13.2. The first kappa shape index (κ1) is 17.2. The van der Waals surface area contributed by atoms with Crippen molar-refractivity contribution in [3.63, 3.8) is 0 Å². The van der Waals surface area contributed by atoms with Crippen molar-refractivity contribution >= 4 is 11.8 Å². The van der Waals surface area contributed by atoms with E-state index >= 15 is 0 Å². The van der Waals surface area contributed by atoms with Crippen LogP contribution in [-0.4, -0.2) is 46.3 Å². The SMILES string of the molecule is COC(=O)c1ccc(N2CCCC(c3ncc(-c4ccccc4)[nH]3)C2)nn1. The molecule has 1 fully saturated rings. The van der Waals surface area contributed by atoms with E-state index in [1.807, 2.05) is 30.5 Å². The summed E-state index contributed by atoms with van der Waals surface area (Å²) in [6, 6.07) is 13.7. The Morgan fingerprint density at radius 3 is 2.78 bits per heavy atom. The molecule has 27 heavy (non-hydrogen) atoms. The van der Waals surface area contributed by atoms with Gasteiger partial charge in [0.2, 0.25) is 0 Å². The van der Waals surface area contributed by atoms with Crippen LogP contribution in [0.3, 0.4) is 0 Å². The number of aromatic amines is 1. The maximum Gasteiger partial charge on any atom is 0.358 e. The van der Waals surface area contributed by atoms with E-state index in [0.717, 1.165) is 48.8 Å². The molecule has 0 bridgehead atoms. The van der Waals surface area contributed by atoms with E-state index in [1.54, 1.807) is 6.07 Å². The third-order valence-electron chi connectivity index (χ3n) is 4.86. The maximum atomic E-state index is 11.5. The molecular formula is C20H21N5O2. The van der Waals surface area contributed by atoms with Crippen molar-refractivity contribution in [2.24, 2.45) is 0 Å². The molecule has 1 N–H and O–H groups in total. The van der Waals surface area contributed by atoms with Crippen molar-refractivity contribution < 1.29 is 9.53 Å². The number of anilines is 1. The first-order valence-electron chi connectivity index (χ1n) is 9.02. The molecule has 3 aromatic rings. The van der Waals surface area contributed by atoms with Crippen molar-refractivity contribution in [2.45, 2.75) is 18.8 Å². The van der Waals surface area contributed by atoms with Crippen LogP contribution in [0.15, 0.2) is 48.7 Å². The Hall–Kier alpha value is -3.22. The zero-order valence-corrected chi connectivity index (χ0v) is 15.1. The van der Waals surface area contributed by atoms with E-state index in [4.69, 9.17) is 0 Å². The number of carbonyl (C=O) groups excluding carboxylic acids is 1. The summed E-state index contributed by atoms with van der Waals surface area (Å²) >= 11 is 0. The highest BCUT2D eigenvalue weighted by molar-refractivity contribution is 5.87. The lowest BCUT2D eigenvalue weighted by molar-refractivity contribution is 0.0592. The largest absolute Gasteiger partial charge is 0.464 e. The summed E-state index contributed by atoms with van der Waals surface area (Å²) in [5.74, 6) is 1.59. The van der Waals surface area contributed by atoms with E-state index < -0.39 is 5.97 Å². The van der Waals surface area contributed by atoms with Crippen LogP contribution in [-0.2, 0) is 4.74 Å². The van der Waals surface area contributed by atoms with Gasteiger partial charge in [0.25, 0.3) is 0 Å². The van der Waals surface area contributed by atoms with Gasteiger partial charge in [0.05, 0.1) is 19.0 Å². The molecule has 4 rings (SSSR count). The number of H-pyrrole nitrogens is 1. The molecule has 3 heterocycles. The number of aromatic nitrogens is 4. The third-order valence-corrected chi connectivity index (χ3v) is 4.86. The second-order valence-corrected chi connectivity index (χ2v) is 6.60. The van der Waals surface area contributed by atoms with Gasteiger partial charge in [0.15, 0.2) is 11.5 Å². The molecule has 7 heteroatoms. The van der Waals surface area contributed by atoms with E-state index in [-0.39, 0.29) is 5.69 Å². The molecule has 0 aliphatic carbocycles. The minimum Gasteiger partial charge on any atom is -0.464 e. The molecule has 0 amide bonds. The van der Waals surface area contributed by atoms with Gasteiger partial charge >= 0.3 is 5.97 Å². The molecular weight excluding hydrogens is 342 g/mol. The zero-order valence-electron chi connectivity index (χ0n) is 15.1. The molecule has 138 valence electrons. The monoisotopic (exact) mass is 363 g/mol. The fourth-order valence-electron chi connectivity index (χ4n) is 3.42. The summed E-state index contributed by atoms with van der Waals surface area (Å²) in [7, 11) is 1.33. The predicted molar refractivity (Wildman–Crippen MR) is 102 cm³/mol. The summed E-state index contributed by atoms with van der Waals surface area (Å²) < 4.78 is 4.67. The number of ether oxygens (including phenoxy) is 1. The van der Waals surface area contributed by atoms with Gasteiger partial charge in [-0.1, -0.05) is 30.3 Å². The average Bonchev–Trinajstić information content (AvgIpc) is 3.24. The number of nitrogens with zero attached hydrogens (tertiary/aromatic N) is 4. The van der Waals surface area contributed by atoms with Crippen LogP contribution < -0.4 is 4.90 Å². The van der Waals surface area contributed by atoms with Gasteiger partial charge in [0.1, 0.15) is 5.82 Å². The average molecular weight is 363 g/mol. The Kier molecular flexibility index (Phi) is 4.82. The number of imidazole rings is 1. The number of carbonyl (C=O) groups is 1. The van der Waals surface area contributed by atoms with Crippen molar-refractivity contribution in [1.82, 2.24) is 20.2 Å². The molecule has 0 radical (unpaired) electrons. The zero-order chi connectivity index (χ0) is 18.6. The van der Waals surface area contributed by atoms with Crippen LogP contribution in [0.2, 0.25) is 0 Å². The molecule has 1 saturated heterocycles. The number of esters is 1. The van der Waals surface area contributed by atoms with Crippen LogP contribution in [0.1, 0.15) is 35.1 Å². The van der Waals surface area contributed by atoms with Crippen LogP contribution in [0.25, 0.3) is 11.3 Å². The Bertz CT molecular complexity index is 908. The molecule has 1 unspecified atom stereocenters. The van der Waals surface area contributed by atoms with Crippen molar-refractivity contribution in [2.75, 3.05) is 25.1 Å². The van der Waals surface area contributed by atoms with Gasteiger partial charge < -0.3 is 14.6 Å². The summed E-state index contributed by atoms with van der Waals surface area (Å²) in [5, 5.41) is 8.17. The second-order valence-electron chi connectivity index (χ2n) is 6.60. The van der Waals surface area contributed by atoms with Gasteiger partial charge in [0, 0.05) is 19.0 Å². The third kappa shape index (κ3) is 3.67. The van der Waals surface area contributed by atoms with Crippen LogP contribution in [0.5, 0.6) is 0 Å². The number of methoxy groups -OCH3 is 1. The van der Waals surface area contributed by atoms with E-state index in [9.17, 15) is 4.79 Å². The molecule has 0 spiro atoms. The highest BCUT2D eigenvalue weighted by Gasteiger charge is 2.25. The molecule has 2 aromatic heterocycles. The number of hydrogen-bond donors (Lipinski definition) is 1. The van der Waals surface area contributed by atoms with Gasteiger partial charge in [-0.05, 0) is 30.5 Å². The van der Waals surface area contributed by atoms with Gasteiger partial charge in [-0.15, -0.1) is 10.2 Å². The van der Waals surface area contributed by atoms with Gasteiger partial charge in [-0.25, -0.2) is 9.78 Å². The predicted octanol–water partition coefficient (Wildman–Crippen LogP) is 3.04. The highest BCUT2D eigenvalue weighted by Crippen LogP contribution is 2.29. The Labute approximate surface area is 157 Å². The van der Waals surface area contributed by atoms with Crippen molar-refractivity contribution in [3.05, 3.63) is 60.2 Å².